The molecule has 1 aliphatic carbocycles. The van der Waals surface area contributed by atoms with Crippen molar-refractivity contribution in [1.29, 1.82) is 0 Å². The number of hydrogen-bond donors (Lipinski definition) is 1. The van der Waals surface area contributed by atoms with Gasteiger partial charge in [-0.05, 0) is 37.9 Å². The fourth-order valence-corrected chi connectivity index (χ4v) is 2.58. The van der Waals surface area contributed by atoms with Crippen LogP contribution in [0.3, 0.4) is 0 Å². The Balaban J connectivity index is 1.83. The predicted molar refractivity (Wildman–Crippen MR) is 67.4 cm³/mol. The van der Waals surface area contributed by atoms with E-state index in [0.29, 0.717) is 23.6 Å². The van der Waals surface area contributed by atoms with Crippen LogP contribution < -0.4 is 5.32 Å². The quantitative estimate of drug-likeness (QED) is 0.812. The largest absolute Gasteiger partial charge is 0.315 e. The predicted octanol–water partition coefficient (Wildman–Crippen LogP) is 1.28. The Morgan fingerprint density at radius 2 is 1.78 bits per heavy atom. The van der Waals surface area contributed by atoms with Crippen LogP contribution in [-0.2, 0) is 0 Å². The van der Waals surface area contributed by atoms with Crippen LogP contribution in [-0.4, -0.2) is 36.3 Å². The normalized spacial score (nSPS) is 20.2. The summed E-state index contributed by atoms with van der Waals surface area (Å²) in [6.45, 7) is 0.480. The van der Waals surface area contributed by atoms with Gasteiger partial charge < -0.3 is 5.32 Å². The van der Waals surface area contributed by atoms with Gasteiger partial charge >= 0.3 is 0 Å². The molecule has 1 aliphatic heterocycles. The van der Waals surface area contributed by atoms with Gasteiger partial charge in [-0.1, -0.05) is 12.1 Å². The number of nitrogens with zero attached hydrogens (tertiary/aromatic N) is 1. The highest BCUT2D eigenvalue weighted by Crippen LogP contribution is 2.34. The minimum Gasteiger partial charge on any atom is -0.315 e. The second-order valence-electron chi connectivity index (χ2n) is 5.00. The van der Waals surface area contributed by atoms with E-state index >= 15 is 0 Å². The SMILES string of the molecule is CNC(CN1C(=O)c2ccccc2C1=O)C1CC1. The van der Waals surface area contributed by atoms with E-state index in [1.807, 2.05) is 7.05 Å². The molecule has 2 amide bonds. The summed E-state index contributed by atoms with van der Waals surface area (Å²) in [5.41, 5.74) is 1.07. The van der Waals surface area contributed by atoms with Crippen LogP contribution in [0.15, 0.2) is 24.3 Å². The molecule has 1 unspecified atom stereocenters. The third kappa shape index (κ3) is 1.73. The molecule has 4 heteroatoms. The zero-order chi connectivity index (χ0) is 12.7. The van der Waals surface area contributed by atoms with Crippen molar-refractivity contribution in [3.05, 3.63) is 35.4 Å². The summed E-state index contributed by atoms with van der Waals surface area (Å²) in [4.78, 5) is 25.7. The molecule has 1 atom stereocenters. The molecule has 94 valence electrons. The number of hydrogen-bond acceptors (Lipinski definition) is 3. The van der Waals surface area contributed by atoms with E-state index in [-0.39, 0.29) is 17.9 Å². The first kappa shape index (κ1) is 11.4. The highest BCUT2D eigenvalue weighted by molar-refractivity contribution is 6.21. The Kier molecular flexibility index (Phi) is 2.67. The first-order valence-electron chi connectivity index (χ1n) is 6.35. The monoisotopic (exact) mass is 244 g/mol. The number of benzene rings is 1. The number of amides is 2. The molecule has 1 heterocycles. The lowest BCUT2D eigenvalue weighted by Crippen LogP contribution is -2.43. The van der Waals surface area contributed by atoms with Crippen LogP contribution in [0.1, 0.15) is 33.6 Å². The number of carbonyl (C=O) groups excluding carboxylic acids is 2. The van der Waals surface area contributed by atoms with Gasteiger partial charge in [0.25, 0.3) is 11.8 Å². The smallest absolute Gasteiger partial charge is 0.261 e. The van der Waals surface area contributed by atoms with Gasteiger partial charge in [0.15, 0.2) is 0 Å². The van der Waals surface area contributed by atoms with Crippen molar-refractivity contribution in [2.75, 3.05) is 13.6 Å². The summed E-state index contributed by atoms with van der Waals surface area (Å²) < 4.78 is 0. The number of carbonyl (C=O) groups is 2. The van der Waals surface area contributed by atoms with Gasteiger partial charge in [0.2, 0.25) is 0 Å². The van der Waals surface area contributed by atoms with Crippen LogP contribution in [0.4, 0.5) is 0 Å². The van der Waals surface area contributed by atoms with Crippen LogP contribution in [0.5, 0.6) is 0 Å². The number of likely N-dealkylation sites (N-methyl/N-ethyl adjacent to an activating group) is 1. The maximum absolute atomic E-state index is 12.2. The number of nitrogens with one attached hydrogen (secondary N) is 1. The first-order valence-corrected chi connectivity index (χ1v) is 6.35. The third-order valence-electron chi connectivity index (χ3n) is 3.82. The summed E-state index contributed by atoms with van der Waals surface area (Å²) >= 11 is 0. The average Bonchev–Trinajstić information content (AvgIpc) is 3.20. The maximum atomic E-state index is 12.2. The van der Waals surface area contributed by atoms with Crippen molar-refractivity contribution < 1.29 is 9.59 Å². The number of imide groups is 1. The van der Waals surface area contributed by atoms with Crippen LogP contribution >= 0.6 is 0 Å². The molecule has 18 heavy (non-hydrogen) atoms. The average molecular weight is 244 g/mol. The van der Waals surface area contributed by atoms with E-state index in [2.05, 4.69) is 5.32 Å². The lowest BCUT2D eigenvalue weighted by atomic mass is 10.1. The maximum Gasteiger partial charge on any atom is 0.261 e. The van der Waals surface area contributed by atoms with Crippen molar-refractivity contribution >= 4 is 11.8 Å². The van der Waals surface area contributed by atoms with Gasteiger partial charge in [-0.15, -0.1) is 0 Å². The van der Waals surface area contributed by atoms with Crippen LogP contribution in [0.25, 0.3) is 0 Å². The second kappa shape index (κ2) is 4.21. The molecule has 1 aromatic rings. The van der Waals surface area contributed by atoms with Crippen LogP contribution in [0.2, 0.25) is 0 Å². The molecule has 4 nitrogen and oxygen atoms in total. The van der Waals surface area contributed by atoms with Gasteiger partial charge in [-0.3, -0.25) is 14.5 Å². The van der Waals surface area contributed by atoms with Gasteiger partial charge in [0, 0.05) is 12.6 Å². The fourth-order valence-electron chi connectivity index (χ4n) is 2.58. The van der Waals surface area contributed by atoms with Gasteiger partial charge in [-0.2, -0.15) is 0 Å². The highest BCUT2D eigenvalue weighted by atomic mass is 16.2. The summed E-state index contributed by atoms with van der Waals surface area (Å²) in [6, 6.07) is 7.27. The van der Waals surface area contributed by atoms with Crippen molar-refractivity contribution in [1.82, 2.24) is 10.2 Å². The minimum atomic E-state index is -0.156. The topological polar surface area (TPSA) is 49.4 Å². The molecule has 1 aromatic carbocycles. The lowest BCUT2D eigenvalue weighted by Gasteiger charge is -2.21. The Hall–Kier alpha value is -1.68. The van der Waals surface area contributed by atoms with Crippen molar-refractivity contribution in [3.8, 4) is 0 Å². The Morgan fingerprint density at radius 1 is 1.22 bits per heavy atom. The summed E-state index contributed by atoms with van der Waals surface area (Å²) in [6.07, 6.45) is 2.38. The molecular weight excluding hydrogens is 228 g/mol. The highest BCUT2D eigenvalue weighted by Gasteiger charge is 2.39. The molecular formula is C14H16N2O2. The van der Waals surface area contributed by atoms with Crippen LogP contribution in [0, 0.1) is 5.92 Å². The van der Waals surface area contributed by atoms with E-state index in [0.717, 1.165) is 0 Å². The molecule has 0 aromatic heterocycles. The zero-order valence-corrected chi connectivity index (χ0v) is 10.3. The van der Waals surface area contributed by atoms with E-state index < -0.39 is 0 Å². The number of rotatable bonds is 4. The molecule has 3 rings (SSSR count). The number of fused-ring (bicyclic) bond motifs is 1. The Labute approximate surface area is 106 Å². The molecule has 0 spiro atoms. The van der Waals surface area contributed by atoms with Gasteiger partial charge in [0.05, 0.1) is 11.1 Å². The molecule has 0 radical (unpaired) electrons. The third-order valence-corrected chi connectivity index (χ3v) is 3.82. The molecule has 0 bridgehead atoms. The standard InChI is InChI=1S/C14H16N2O2/c1-15-12(9-6-7-9)8-16-13(17)10-4-2-3-5-11(10)14(16)18/h2-5,9,12,15H,6-8H2,1H3. The Bertz CT molecular complexity index is 473. The molecule has 2 aliphatic rings. The molecule has 1 saturated carbocycles. The second-order valence-corrected chi connectivity index (χ2v) is 5.00. The van der Waals surface area contributed by atoms with E-state index in [4.69, 9.17) is 0 Å². The van der Waals surface area contributed by atoms with Crippen molar-refractivity contribution in [2.45, 2.75) is 18.9 Å². The van der Waals surface area contributed by atoms with Gasteiger partial charge in [0.1, 0.15) is 0 Å². The Morgan fingerprint density at radius 3 is 2.22 bits per heavy atom. The summed E-state index contributed by atoms with van der Waals surface area (Å²) in [5, 5.41) is 3.21. The summed E-state index contributed by atoms with van der Waals surface area (Å²) in [7, 11) is 1.89. The zero-order valence-electron chi connectivity index (χ0n) is 10.3. The molecule has 0 saturated heterocycles. The fraction of sp³-hybridized carbons (Fsp3) is 0.429. The first-order chi connectivity index (χ1) is 8.72. The van der Waals surface area contributed by atoms with E-state index in [1.165, 1.54) is 17.7 Å². The van der Waals surface area contributed by atoms with E-state index in [9.17, 15) is 9.59 Å². The minimum absolute atomic E-state index is 0.156. The van der Waals surface area contributed by atoms with E-state index in [1.54, 1.807) is 24.3 Å². The van der Waals surface area contributed by atoms with Gasteiger partial charge in [-0.25, -0.2) is 0 Å². The molecule has 1 N–H and O–H groups in total. The summed E-state index contributed by atoms with van der Waals surface area (Å²) in [5.74, 6) is 0.298. The lowest BCUT2D eigenvalue weighted by molar-refractivity contribution is 0.0636. The van der Waals surface area contributed by atoms with Crippen molar-refractivity contribution in [3.63, 3.8) is 0 Å². The van der Waals surface area contributed by atoms with Crippen molar-refractivity contribution in [2.24, 2.45) is 5.92 Å². The molecule has 1 fully saturated rings.